The summed E-state index contributed by atoms with van der Waals surface area (Å²) in [4.78, 5) is 38.1. The third-order valence-corrected chi connectivity index (χ3v) is 5.69. The number of hydrogen-bond acceptors (Lipinski definition) is 3. The van der Waals surface area contributed by atoms with Crippen LogP contribution in [0.15, 0.2) is 30.3 Å². The van der Waals surface area contributed by atoms with Crippen LogP contribution in [0.5, 0.6) is 0 Å². The molecule has 3 rings (SSSR count). The van der Waals surface area contributed by atoms with E-state index in [1.54, 1.807) is 0 Å². The van der Waals surface area contributed by atoms with Gasteiger partial charge in [-0.2, -0.15) is 0 Å². The molecule has 1 heterocycles. The highest BCUT2D eigenvalue weighted by atomic mass is 16.2. The van der Waals surface area contributed by atoms with E-state index in [1.165, 1.54) is 11.3 Å². The summed E-state index contributed by atoms with van der Waals surface area (Å²) in [5, 5.41) is 5.82. The third kappa shape index (κ3) is 5.08. The van der Waals surface area contributed by atoms with Crippen molar-refractivity contribution in [2.45, 2.75) is 64.0 Å². The molecule has 1 aromatic rings. The van der Waals surface area contributed by atoms with Crippen molar-refractivity contribution in [3.05, 3.63) is 35.9 Å². The van der Waals surface area contributed by atoms with E-state index < -0.39 is 6.04 Å². The van der Waals surface area contributed by atoms with Crippen LogP contribution in [0.3, 0.4) is 0 Å². The van der Waals surface area contributed by atoms with Gasteiger partial charge in [-0.1, -0.05) is 50.1 Å². The lowest BCUT2D eigenvalue weighted by Gasteiger charge is -2.29. The predicted molar refractivity (Wildman–Crippen MR) is 103 cm³/mol. The molecular formula is C21H29N3O3. The van der Waals surface area contributed by atoms with Crippen LogP contribution < -0.4 is 10.6 Å². The predicted octanol–water partition coefficient (Wildman–Crippen LogP) is 2.62. The second kappa shape index (κ2) is 9.02. The van der Waals surface area contributed by atoms with E-state index in [0.717, 1.165) is 24.8 Å². The van der Waals surface area contributed by atoms with Gasteiger partial charge in [0.25, 0.3) is 5.91 Å². The largest absolute Gasteiger partial charge is 0.353 e. The van der Waals surface area contributed by atoms with Crippen LogP contribution in [0.2, 0.25) is 0 Å². The fourth-order valence-corrected chi connectivity index (χ4v) is 3.95. The summed E-state index contributed by atoms with van der Waals surface area (Å²) < 4.78 is 0. The highest BCUT2D eigenvalue weighted by molar-refractivity contribution is 6.04. The van der Waals surface area contributed by atoms with Gasteiger partial charge in [-0.15, -0.1) is 0 Å². The van der Waals surface area contributed by atoms with Gasteiger partial charge >= 0.3 is 6.03 Å². The average Bonchev–Trinajstić information content (AvgIpc) is 2.94. The topological polar surface area (TPSA) is 78.5 Å². The Morgan fingerprint density at radius 1 is 1.19 bits per heavy atom. The van der Waals surface area contributed by atoms with E-state index in [9.17, 15) is 14.4 Å². The summed E-state index contributed by atoms with van der Waals surface area (Å²) in [6.07, 6.45) is 5.80. The van der Waals surface area contributed by atoms with Gasteiger partial charge < -0.3 is 10.6 Å². The summed E-state index contributed by atoms with van der Waals surface area (Å²) in [5.74, 6) is 0.247. The summed E-state index contributed by atoms with van der Waals surface area (Å²) in [5.41, 5.74) is 1.09. The first-order valence-corrected chi connectivity index (χ1v) is 10.00. The Kier molecular flexibility index (Phi) is 6.48. The van der Waals surface area contributed by atoms with Gasteiger partial charge in [0, 0.05) is 19.0 Å². The molecular weight excluding hydrogens is 342 g/mol. The molecule has 27 heavy (non-hydrogen) atoms. The molecule has 0 bridgehead atoms. The Bertz CT molecular complexity index is 677. The highest BCUT2D eigenvalue weighted by Gasteiger charge is 2.37. The molecule has 1 aromatic carbocycles. The van der Waals surface area contributed by atoms with Crippen molar-refractivity contribution in [3.63, 3.8) is 0 Å². The molecule has 2 aliphatic rings. The number of imide groups is 1. The Morgan fingerprint density at radius 2 is 1.93 bits per heavy atom. The Labute approximate surface area is 160 Å². The van der Waals surface area contributed by atoms with E-state index in [0.29, 0.717) is 25.3 Å². The first-order chi connectivity index (χ1) is 13.0. The zero-order valence-electron chi connectivity index (χ0n) is 15.9. The Hall–Kier alpha value is -2.37. The van der Waals surface area contributed by atoms with E-state index >= 15 is 0 Å². The SMILES string of the molecule is CC1CCCCC1NC(=O)CC[C@@H]1NC(=O)N(CCc2ccccc2)C1=O. The molecule has 0 radical (unpaired) electrons. The molecule has 2 N–H and O–H groups in total. The monoisotopic (exact) mass is 371 g/mol. The first kappa shape index (κ1) is 19.4. The molecule has 4 amide bonds. The van der Waals surface area contributed by atoms with Crippen LogP contribution in [-0.2, 0) is 16.0 Å². The molecule has 2 fully saturated rings. The van der Waals surface area contributed by atoms with E-state index in [1.807, 2.05) is 30.3 Å². The second-order valence-electron chi connectivity index (χ2n) is 7.70. The van der Waals surface area contributed by atoms with Crippen LogP contribution in [0.25, 0.3) is 0 Å². The van der Waals surface area contributed by atoms with Gasteiger partial charge in [0.1, 0.15) is 6.04 Å². The average molecular weight is 371 g/mol. The molecule has 2 unspecified atom stereocenters. The minimum absolute atomic E-state index is 0.0291. The third-order valence-electron chi connectivity index (χ3n) is 5.69. The number of urea groups is 1. The van der Waals surface area contributed by atoms with Gasteiger partial charge in [0.15, 0.2) is 0 Å². The van der Waals surface area contributed by atoms with Crippen LogP contribution in [-0.4, -0.2) is 41.4 Å². The van der Waals surface area contributed by atoms with E-state index in [-0.39, 0.29) is 30.3 Å². The number of carbonyl (C=O) groups is 3. The molecule has 1 saturated carbocycles. The number of benzene rings is 1. The van der Waals surface area contributed by atoms with E-state index in [2.05, 4.69) is 17.6 Å². The van der Waals surface area contributed by atoms with Crippen molar-refractivity contribution in [3.8, 4) is 0 Å². The number of carbonyl (C=O) groups excluding carboxylic acids is 3. The van der Waals surface area contributed by atoms with Crippen molar-refractivity contribution >= 4 is 17.8 Å². The maximum absolute atomic E-state index is 12.5. The normalized spacial score (nSPS) is 25.4. The lowest BCUT2D eigenvalue weighted by Crippen LogP contribution is -2.41. The van der Waals surface area contributed by atoms with E-state index in [4.69, 9.17) is 0 Å². The van der Waals surface area contributed by atoms with Crippen LogP contribution in [0, 0.1) is 5.92 Å². The first-order valence-electron chi connectivity index (χ1n) is 10.00. The fourth-order valence-electron chi connectivity index (χ4n) is 3.95. The zero-order valence-corrected chi connectivity index (χ0v) is 15.9. The maximum atomic E-state index is 12.5. The number of amides is 4. The Morgan fingerprint density at radius 3 is 2.67 bits per heavy atom. The molecule has 6 heteroatoms. The smallest absolute Gasteiger partial charge is 0.324 e. The maximum Gasteiger partial charge on any atom is 0.324 e. The van der Waals surface area contributed by atoms with Crippen LogP contribution in [0.4, 0.5) is 4.79 Å². The number of rotatable bonds is 7. The molecule has 0 aromatic heterocycles. The molecule has 0 spiro atoms. The summed E-state index contributed by atoms with van der Waals surface area (Å²) in [6.45, 7) is 2.53. The van der Waals surface area contributed by atoms with Gasteiger partial charge in [0.2, 0.25) is 5.91 Å². The molecule has 3 atom stereocenters. The van der Waals surface area contributed by atoms with Crippen molar-refractivity contribution in [1.29, 1.82) is 0 Å². The second-order valence-corrected chi connectivity index (χ2v) is 7.70. The summed E-state index contributed by atoms with van der Waals surface area (Å²) in [7, 11) is 0. The van der Waals surface area contributed by atoms with Gasteiger partial charge in [-0.05, 0) is 37.2 Å². The Balaban J connectivity index is 1.44. The van der Waals surface area contributed by atoms with Gasteiger partial charge in [-0.3, -0.25) is 14.5 Å². The number of nitrogens with one attached hydrogen (secondary N) is 2. The number of nitrogens with zero attached hydrogens (tertiary/aromatic N) is 1. The standard InChI is InChI=1S/C21H29N3O3/c1-15-7-5-6-10-17(15)22-19(25)12-11-18-20(26)24(21(27)23-18)14-13-16-8-3-2-4-9-16/h2-4,8-9,15,17-18H,5-7,10-14H2,1H3,(H,22,25)(H,23,27)/t15?,17?,18-/m0/s1. The molecule has 6 nitrogen and oxygen atoms in total. The quantitative estimate of drug-likeness (QED) is 0.723. The van der Waals surface area contributed by atoms with Crippen molar-refractivity contribution in [2.75, 3.05) is 6.54 Å². The fraction of sp³-hybridized carbons (Fsp3) is 0.571. The lowest BCUT2D eigenvalue weighted by molar-refractivity contribution is -0.127. The summed E-state index contributed by atoms with van der Waals surface area (Å²) in [6, 6.07) is 9.06. The van der Waals surface area contributed by atoms with Gasteiger partial charge in [0.05, 0.1) is 0 Å². The minimum Gasteiger partial charge on any atom is -0.353 e. The lowest BCUT2D eigenvalue weighted by atomic mass is 9.86. The van der Waals surface area contributed by atoms with Crippen molar-refractivity contribution < 1.29 is 14.4 Å². The van der Waals surface area contributed by atoms with Crippen LogP contribution >= 0.6 is 0 Å². The van der Waals surface area contributed by atoms with Crippen molar-refractivity contribution in [2.24, 2.45) is 5.92 Å². The molecule has 1 aliphatic carbocycles. The van der Waals surface area contributed by atoms with Gasteiger partial charge in [-0.25, -0.2) is 4.79 Å². The molecule has 1 aliphatic heterocycles. The highest BCUT2D eigenvalue weighted by Crippen LogP contribution is 2.24. The summed E-state index contributed by atoms with van der Waals surface area (Å²) >= 11 is 0. The minimum atomic E-state index is -0.595. The van der Waals surface area contributed by atoms with Crippen LogP contribution in [0.1, 0.15) is 51.0 Å². The van der Waals surface area contributed by atoms with Crippen molar-refractivity contribution in [1.82, 2.24) is 15.5 Å². The molecule has 1 saturated heterocycles. The zero-order chi connectivity index (χ0) is 19.2. The molecule has 146 valence electrons. The number of hydrogen-bond donors (Lipinski definition) is 2.